The zero-order valence-electron chi connectivity index (χ0n) is 9.37. The van der Waals surface area contributed by atoms with Crippen LogP contribution in [0.3, 0.4) is 0 Å². The summed E-state index contributed by atoms with van der Waals surface area (Å²) in [6.45, 7) is 1.84. The summed E-state index contributed by atoms with van der Waals surface area (Å²) < 4.78 is 13.2. The Kier molecular flexibility index (Phi) is 3.06. The van der Waals surface area contributed by atoms with Gasteiger partial charge >= 0.3 is 0 Å². The molecular weight excluding hydrogens is 215 g/mol. The molecule has 1 N–H and O–H groups in total. The first kappa shape index (κ1) is 11.2. The number of hydrogen-bond acceptors (Lipinski definition) is 2. The molecule has 0 aromatic heterocycles. The van der Waals surface area contributed by atoms with E-state index in [1.165, 1.54) is 12.1 Å². The second kappa shape index (κ2) is 4.67. The SMILES string of the molecule is Cc1cc(F)cc(Nc2ccc(C#N)cc2)c1. The molecule has 0 bridgehead atoms. The highest BCUT2D eigenvalue weighted by Crippen LogP contribution is 2.19. The average molecular weight is 226 g/mol. The molecule has 0 saturated heterocycles. The quantitative estimate of drug-likeness (QED) is 0.846. The molecule has 0 fully saturated rings. The number of nitriles is 1. The molecule has 0 aliphatic carbocycles. The van der Waals surface area contributed by atoms with Gasteiger partial charge in [-0.25, -0.2) is 4.39 Å². The number of nitrogens with zero attached hydrogens (tertiary/aromatic N) is 1. The molecule has 0 aliphatic rings. The second-order valence-electron chi connectivity index (χ2n) is 3.83. The monoisotopic (exact) mass is 226 g/mol. The molecule has 2 nitrogen and oxygen atoms in total. The third-order valence-electron chi connectivity index (χ3n) is 2.34. The molecule has 0 amide bonds. The van der Waals surface area contributed by atoms with Gasteiger partial charge in [-0.05, 0) is 55.0 Å². The highest BCUT2D eigenvalue weighted by atomic mass is 19.1. The van der Waals surface area contributed by atoms with Crippen LogP contribution in [0.1, 0.15) is 11.1 Å². The lowest BCUT2D eigenvalue weighted by molar-refractivity contribution is 0.627. The Bertz CT molecular complexity index is 548. The van der Waals surface area contributed by atoms with Crippen molar-refractivity contribution in [1.29, 1.82) is 5.26 Å². The maximum atomic E-state index is 13.2. The van der Waals surface area contributed by atoms with Crippen LogP contribution in [0.2, 0.25) is 0 Å². The molecule has 0 atom stereocenters. The first-order chi connectivity index (χ1) is 8.17. The highest BCUT2D eigenvalue weighted by Gasteiger charge is 1.99. The molecule has 0 saturated carbocycles. The molecular formula is C14H11FN2. The van der Waals surface area contributed by atoms with Crippen LogP contribution >= 0.6 is 0 Å². The first-order valence-electron chi connectivity index (χ1n) is 5.22. The van der Waals surface area contributed by atoms with Gasteiger partial charge in [-0.3, -0.25) is 0 Å². The van der Waals surface area contributed by atoms with Crippen LogP contribution in [0.5, 0.6) is 0 Å². The molecule has 0 radical (unpaired) electrons. The van der Waals surface area contributed by atoms with Gasteiger partial charge in [0.05, 0.1) is 11.6 Å². The van der Waals surface area contributed by atoms with Gasteiger partial charge in [0.1, 0.15) is 5.82 Å². The Morgan fingerprint density at radius 1 is 1.06 bits per heavy atom. The second-order valence-corrected chi connectivity index (χ2v) is 3.83. The summed E-state index contributed by atoms with van der Waals surface area (Å²) in [6, 6.07) is 13.8. The number of rotatable bonds is 2. The van der Waals surface area contributed by atoms with Crippen LogP contribution in [0.15, 0.2) is 42.5 Å². The fraction of sp³-hybridized carbons (Fsp3) is 0.0714. The number of aryl methyl sites for hydroxylation is 1. The van der Waals surface area contributed by atoms with Crippen LogP contribution in [0, 0.1) is 24.1 Å². The minimum atomic E-state index is -0.263. The Morgan fingerprint density at radius 2 is 1.76 bits per heavy atom. The molecule has 84 valence electrons. The van der Waals surface area contributed by atoms with Crippen LogP contribution in [0.4, 0.5) is 15.8 Å². The zero-order valence-corrected chi connectivity index (χ0v) is 9.37. The van der Waals surface area contributed by atoms with Crippen molar-refractivity contribution in [2.24, 2.45) is 0 Å². The van der Waals surface area contributed by atoms with E-state index >= 15 is 0 Å². The number of hydrogen-bond donors (Lipinski definition) is 1. The predicted molar refractivity (Wildman–Crippen MR) is 65.6 cm³/mol. The number of anilines is 2. The Morgan fingerprint density at radius 3 is 2.35 bits per heavy atom. The molecule has 0 heterocycles. The van der Waals surface area contributed by atoms with Crippen molar-refractivity contribution in [3.63, 3.8) is 0 Å². The number of halogens is 1. The van der Waals surface area contributed by atoms with E-state index in [2.05, 4.69) is 5.32 Å². The lowest BCUT2D eigenvalue weighted by Crippen LogP contribution is -1.92. The average Bonchev–Trinajstić information content (AvgIpc) is 2.28. The van der Waals surface area contributed by atoms with Gasteiger partial charge in [-0.2, -0.15) is 5.26 Å². The van der Waals surface area contributed by atoms with Gasteiger partial charge in [-0.1, -0.05) is 0 Å². The fourth-order valence-electron chi connectivity index (χ4n) is 1.60. The van der Waals surface area contributed by atoms with Crippen LogP contribution in [0.25, 0.3) is 0 Å². The lowest BCUT2D eigenvalue weighted by Gasteiger charge is -2.07. The van der Waals surface area contributed by atoms with Crippen LogP contribution in [-0.4, -0.2) is 0 Å². The summed E-state index contributed by atoms with van der Waals surface area (Å²) >= 11 is 0. The summed E-state index contributed by atoms with van der Waals surface area (Å²) in [7, 11) is 0. The van der Waals surface area contributed by atoms with E-state index in [-0.39, 0.29) is 5.82 Å². The van der Waals surface area contributed by atoms with E-state index in [1.807, 2.05) is 19.1 Å². The molecule has 0 unspecified atom stereocenters. The van der Waals surface area contributed by atoms with Gasteiger partial charge in [0, 0.05) is 11.4 Å². The number of benzene rings is 2. The van der Waals surface area contributed by atoms with E-state index in [1.54, 1.807) is 24.3 Å². The first-order valence-corrected chi connectivity index (χ1v) is 5.22. The van der Waals surface area contributed by atoms with Crippen molar-refractivity contribution in [1.82, 2.24) is 0 Å². The normalized spacial score (nSPS) is 9.71. The maximum Gasteiger partial charge on any atom is 0.125 e. The summed E-state index contributed by atoms with van der Waals surface area (Å²) in [5, 5.41) is 11.8. The highest BCUT2D eigenvalue weighted by molar-refractivity contribution is 5.61. The van der Waals surface area contributed by atoms with E-state index in [0.717, 1.165) is 11.3 Å². The van der Waals surface area contributed by atoms with E-state index in [4.69, 9.17) is 5.26 Å². The predicted octanol–water partition coefficient (Wildman–Crippen LogP) is 3.75. The Hall–Kier alpha value is -2.34. The van der Waals surface area contributed by atoms with Crippen molar-refractivity contribution in [2.75, 3.05) is 5.32 Å². The standard InChI is InChI=1S/C14H11FN2/c1-10-6-12(15)8-14(7-10)17-13-4-2-11(9-16)3-5-13/h2-8,17H,1H3. The van der Waals surface area contributed by atoms with Crippen molar-refractivity contribution >= 4 is 11.4 Å². The maximum absolute atomic E-state index is 13.2. The van der Waals surface area contributed by atoms with Gasteiger partial charge in [-0.15, -0.1) is 0 Å². The summed E-state index contributed by atoms with van der Waals surface area (Å²) in [4.78, 5) is 0. The van der Waals surface area contributed by atoms with E-state index in [9.17, 15) is 4.39 Å². The van der Waals surface area contributed by atoms with E-state index in [0.29, 0.717) is 11.3 Å². The van der Waals surface area contributed by atoms with Gasteiger partial charge in [0.15, 0.2) is 0 Å². The van der Waals surface area contributed by atoms with Crippen LogP contribution < -0.4 is 5.32 Å². The lowest BCUT2D eigenvalue weighted by atomic mass is 10.2. The van der Waals surface area contributed by atoms with Crippen molar-refractivity contribution in [3.05, 3.63) is 59.4 Å². The fourth-order valence-corrected chi connectivity index (χ4v) is 1.60. The van der Waals surface area contributed by atoms with Crippen molar-refractivity contribution in [3.8, 4) is 6.07 Å². The molecule has 0 spiro atoms. The molecule has 0 aliphatic heterocycles. The number of nitrogens with one attached hydrogen (secondary N) is 1. The molecule has 17 heavy (non-hydrogen) atoms. The van der Waals surface area contributed by atoms with Crippen LogP contribution in [-0.2, 0) is 0 Å². The van der Waals surface area contributed by atoms with Crippen molar-refractivity contribution in [2.45, 2.75) is 6.92 Å². The largest absolute Gasteiger partial charge is 0.355 e. The zero-order chi connectivity index (χ0) is 12.3. The molecule has 2 aromatic carbocycles. The Balaban J connectivity index is 2.22. The minimum absolute atomic E-state index is 0.263. The van der Waals surface area contributed by atoms with Crippen molar-refractivity contribution < 1.29 is 4.39 Å². The van der Waals surface area contributed by atoms with Gasteiger partial charge in [0.25, 0.3) is 0 Å². The summed E-state index contributed by atoms with van der Waals surface area (Å²) in [5.74, 6) is -0.263. The topological polar surface area (TPSA) is 35.8 Å². The van der Waals surface area contributed by atoms with Gasteiger partial charge in [0.2, 0.25) is 0 Å². The van der Waals surface area contributed by atoms with E-state index < -0.39 is 0 Å². The summed E-state index contributed by atoms with van der Waals surface area (Å²) in [5.41, 5.74) is 2.99. The van der Waals surface area contributed by atoms with Gasteiger partial charge < -0.3 is 5.32 Å². The Labute approximate surface area is 99.3 Å². The smallest absolute Gasteiger partial charge is 0.125 e. The minimum Gasteiger partial charge on any atom is -0.355 e. The molecule has 2 rings (SSSR count). The molecule has 2 aromatic rings. The third kappa shape index (κ3) is 2.82. The summed E-state index contributed by atoms with van der Waals surface area (Å²) in [6.07, 6.45) is 0. The molecule has 3 heteroatoms. The third-order valence-corrected chi connectivity index (χ3v) is 2.34.